The SMILES string of the molecule is Cn1ccc(CNc2ccc(OC(F)F)c(F)c2)c1. The van der Waals surface area contributed by atoms with Gasteiger partial charge in [0.05, 0.1) is 0 Å². The molecule has 102 valence electrons. The molecule has 2 rings (SSSR count). The van der Waals surface area contributed by atoms with Crippen LogP contribution in [-0.2, 0) is 13.6 Å². The molecular formula is C13H13F3N2O. The van der Waals surface area contributed by atoms with Crippen LogP contribution in [0.5, 0.6) is 5.75 Å². The minimum atomic E-state index is -3.03. The number of halogens is 3. The van der Waals surface area contributed by atoms with E-state index in [4.69, 9.17) is 0 Å². The Morgan fingerprint density at radius 2 is 2.11 bits per heavy atom. The van der Waals surface area contributed by atoms with Crippen LogP contribution >= 0.6 is 0 Å². The van der Waals surface area contributed by atoms with E-state index in [1.54, 1.807) is 0 Å². The minimum Gasteiger partial charge on any atom is -0.432 e. The standard InChI is InChI=1S/C13H13F3N2O/c1-18-5-4-9(8-18)7-17-10-2-3-12(11(14)6-10)19-13(15)16/h2-6,8,13,17H,7H2,1H3. The molecular weight excluding hydrogens is 257 g/mol. The van der Waals surface area contributed by atoms with Gasteiger partial charge in [-0.25, -0.2) is 4.39 Å². The molecule has 0 amide bonds. The van der Waals surface area contributed by atoms with E-state index in [9.17, 15) is 13.2 Å². The van der Waals surface area contributed by atoms with E-state index in [1.807, 2.05) is 30.1 Å². The molecule has 1 aromatic heterocycles. The van der Waals surface area contributed by atoms with Crippen LogP contribution in [0.3, 0.4) is 0 Å². The van der Waals surface area contributed by atoms with Crippen molar-refractivity contribution >= 4 is 5.69 Å². The van der Waals surface area contributed by atoms with Gasteiger partial charge in [0.1, 0.15) is 0 Å². The first-order chi connectivity index (χ1) is 9.04. The average Bonchev–Trinajstić information content (AvgIpc) is 2.75. The zero-order chi connectivity index (χ0) is 13.8. The summed E-state index contributed by atoms with van der Waals surface area (Å²) in [5.74, 6) is -1.28. The summed E-state index contributed by atoms with van der Waals surface area (Å²) in [5.41, 5.74) is 1.54. The second kappa shape index (κ2) is 5.69. The Hall–Kier alpha value is -2.11. The van der Waals surface area contributed by atoms with Crippen molar-refractivity contribution in [2.75, 3.05) is 5.32 Å². The highest BCUT2D eigenvalue weighted by atomic mass is 19.3. The van der Waals surface area contributed by atoms with Crippen molar-refractivity contribution < 1.29 is 17.9 Å². The number of hydrogen-bond donors (Lipinski definition) is 1. The second-order valence-electron chi connectivity index (χ2n) is 4.06. The van der Waals surface area contributed by atoms with E-state index < -0.39 is 18.2 Å². The van der Waals surface area contributed by atoms with Gasteiger partial charge in [-0.15, -0.1) is 0 Å². The van der Waals surface area contributed by atoms with Gasteiger partial charge in [-0.05, 0) is 23.8 Å². The molecule has 0 unspecified atom stereocenters. The maximum absolute atomic E-state index is 13.4. The number of rotatable bonds is 5. The Kier molecular flexibility index (Phi) is 3.99. The monoisotopic (exact) mass is 270 g/mol. The number of aromatic nitrogens is 1. The van der Waals surface area contributed by atoms with Crippen LogP contribution in [0.15, 0.2) is 36.7 Å². The second-order valence-corrected chi connectivity index (χ2v) is 4.06. The predicted octanol–water partition coefficient (Wildman–Crippen LogP) is 3.38. The van der Waals surface area contributed by atoms with Crippen molar-refractivity contribution in [1.82, 2.24) is 4.57 Å². The van der Waals surface area contributed by atoms with Crippen LogP contribution in [0.1, 0.15) is 5.56 Å². The molecule has 0 radical (unpaired) electrons. The van der Waals surface area contributed by atoms with Crippen molar-refractivity contribution in [3.8, 4) is 5.75 Å². The predicted molar refractivity (Wildman–Crippen MR) is 65.8 cm³/mol. The summed E-state index contributed by atoms with van der Waals surface area (Å²) in [5, 5.41) is 3.00. The number of nitrogens with one attached hydrogen (secondary N) is 1. The highest BCUT2D eigenvalue weighted by Gasteiger charge is 2.10. The molecule has 1 N–H and O–H groups in total. The molecule has 0 bridgehead atoms. The van der Waals surface area contributed by atoms with Gasteiger partial charge in [-0.1, -0.05) is 0 Å². The number of hydrogen-bond acceptors (Lipinski definition) is 2. The van der Waals surface area contributed by atoms with Crippen LogP contribution < -0.4 is 10.1 Å². The summed E-state index contributed by atoms with van der Waals surface area (Å²) in [6.07, 6.45) is 3.83. The van der Waals surface area contributed by atoms with Crippen LogP contribution in [0.4, 0.5) is 18.9 Å². The van der Waals surface area contributed by atoms with E-state index in [0.717, 1.165) is 11.6 Å². The lowest BCUT2D eigenvalue weighted by Gasteiger charge is -2.09. The lowest BCUT2D eigenvalue weighted by atomic mass is 10.2. The van der Waals surface area contributed by atoms with Crippen LogP contribution in [0, 0.1) is 5.82 Å². The highest BCUT2D eigenvalue weighted by molar-refractivity contribution is 5.47. The topological polar surface area (TPSA) is 26.2 Å². The molecule has 0 aliphatic rings. The Bertz CT molecular complexity index is 555. The maximum Gasteiger partial charge on any atom is 0.387 e. The third-order valence-corrected chi connectivity index (χ3v) is 2.54. The first-order valence-corrected chi connectivity index (χ1v) is 5.63. The third kappa shape index (κ3) is 3.67. The zero-order valence-electron chi connectivity index (χ0n) is 10.2. The summed E-state index contributed by atoms with van der Waals surface area (Å²) >= 11 is 0. The van der Waals surface area contributed by atoms with E-state index in [-0.39, 0.29) is 0 Å². The first kappa shape index (κ1) is 13.3. The number of benzene rings is 1. The van der Waals surface area contributed by atoms with Gasteiger partial charge in [0, 0.05) is 37.7 Å². The fraction of sp³-hybridized carbons (Fsp3) is 0.231. The molecule has 1 aromatic carbocycles. The van der Waals surface area contributed by atoms with Gasteiger partial charge in [-0.3, -0.25) is 0 Å². The van der Waals surface area contributed by atoms with Crippen molar-refractivity contribution in [3.05, 3.63) is 48.0 Å². The molecule has 0 aliphatic carbocycles. The van der Waals surface area contributed by atoms with Crippen molar-refractivity contribution in [2.45, 2.75) is 13.2 Å². The van der Waals surface area contributed by atoms with Crippen LogP contribution in [0.25, 0.3) is 0 Å². The molecule has 1 heterocycles. The fourth-order valence-electron chi connectivity index (χ4n) is 1.67. The minimum absolute atomic E-state index is 0.458. The van der Waals surface area contributed by atoms with Crippen LogP contribution in [-0.4, -0.2) is 11.2 Å². The van der Waals surface area contributed by atoms with Gasteiger partial charge in [0.25, 0.3) is 0 Å². The Morgan fingerprint density at radius 3 is 2.68 bits per heavy atom. The number of ether oxygens (including phenoxy) is 1. The molecule has 19 heavy (non-hydrogen) atoms. The van der Waals surface area contributed by atoms with Crippen molar-refractivity contribution in [1.29, 1.82) is 0 Å². The molecule has 0 aliphatic heterocycles. The van der Waals surface area contributed by atoms with Gasteiger partial charge in [-0.2, -0.15) is 8.78 Å². The van der Waals surface area contributed by atoms with Gasteiger partial charge in [0.15, 0.2) is 11.6 Å². The summed E-state index contributed by atoms with van der Waals surface area (Å²) in [7, 11) is 1.90. The molecule has 0 fully saturated rings. The molecule has 0 atom stereocenters. The molecule has 6 heteroatoms. The Morgan fingerprint density at radius 1 is 1.32 bits per heavy atom. The number of alkyl halides is 2. The summed E-state index contributed by atoms with van der Waals surface area (Å²) in [6, 6.07) is 5.72. The quantitative estimate of drug-likeness (QED) is 0.901. The fourth-order valence-corrected chi connectivity index (χ4v) is 1.67. The van der Waals surface area contributed by atoms with E-state index in [2.05, 4.69) is 10.1 Å². The lowest BCUT2D eigenvalue weighted by molar-refractivity contribution is -0.0521. The summed E-state index contributed by atoms with van der Waals surface area (Å²) in [6.45, 7) is -2.51. The van der Waals surface area contributed by atoms with Crippen molar-refractivity contribution in [2.24, 2.45) is 7.05 Å². The average molecular weight is 270 g/mol. The van der Waals surface area contributed by atoms with E-state index in [0.29, 0.717) is 12.2 Å². The number of aryl methyl sites for hydroxylation is 1. The van der Waals surface area contributed by atoms with Crippen molar-refractivity contribution in [3.63, 3.8) is 0 Å². The number of anilines is 1. The largest absolute Gasteiger partial charge is 0.432 e. The molecule has 0 spiro atoms. The first-order valence-electron chi connectivity index (χ1n) is 5.63. The summed E-state index contributed by atoms with van der Waals surface area (Å²) < 4.78 is 43.3. The Labute approximate surface area is 108 Å². The summed E-state index contributed by atoms with van der Waals surface area (Å²) in [4.78, 5) is 0. The molecule has 0 saturated heterocycles. The zero-order valence-corrected chi connectivity index (χ0v) is 10.2. The normalized spacial score (nSPS) is 10.8. The molecule has 2 aromatic rings. The van der Waals surface area contributed by atoms with Gasteiger partial charge in [0.2, 0.25) is 0 Å². The Balaban J connectivity index is 1.99. The van der Waals surface area contributed by atoms with Gasteiger partial charge < -0.3 is 14.6 Å². The van der Waals surface area contributed by atoms with Gasteiger partial charge >= 0.3 is 6.61 Å². The maximum atomic E-state index is 13.4. The highest BCUT2D eigenvalue weighted by Crippen LogP contribution is 2.23. The lowest BCUT2D eigenvalue weighted by Crippen LogP contribution is -2.04. The molecule has 3 nitrogen and oxygen atoms in total. The van der Waals surface area contributed by atoms with Crippen LogP contribution in [0.2, 0.25) is 0 Å². The molecule has 0 saturated carbocycles. The van der Waals surface area contributed by atoms with E-state index in [1.165, 1.54) is 12.1 Å². The van der Waals surface area contributed by atoms with E-state index >= 15 is 0 Å². The third-order valence-electron chi connectivity index (χ3n) is 2.54. The number of nitrogens with zero attached hydrogens (tertiary/aromatic N) is 1. The smallest absolute Gasteiger partial charge is 0.387 e.